The van der Waals surface area contributed by atoms with Crippen LogP contribution in [-0.2, 0) is 11.0 Å². The molecule has 4 nitrogen and oxygen atoms in total. The Morgan fingerprint density at radius 1 is 1.24 bits per heavy atom. The van der Waals surface area contributed by atoms with Gasteiger partial charge in [-0.1, -0.05) is 43.6 Å². The van der Waals surface area contributed by atoms with Crippen molar-refractivity contribution in [3.05, 3.63) is 69.9 Å². The summed E-state index contributed by atoms with van der Waals surface area (Å²) in [6, 6.07) is 10.6. The van der Waals surface area contributed by atoms with Crippen LogP contribution in [0, 0.1) is 18.3 Å². The van der Waals surface area contributed by atoms with E-state index in [1.165, 1.54) is 6.07 Å². The third-order valence-corrected chi connectivity index (χ3v) is 4.52. The van der Waals surface area contributed by atoms with Crippen molar-refractivity contribution in [2.24, 2.45) is 0 Å². The van der Waals surface area contributed by atoms with Gasteiger partial charge in [-0.2, -0.15) is 18.4 Å². The Hall–Kier alpha value is -2.98. The largest absolute Gasteiger partial charge is 0.417 e. The molecule has 2 N–H and O–H groups in total. The molecule has 0 radical (unpaired) electrons. The van der Waals surface area contributed by atoms with E-state index in [1.54, 1.807) is 6.07 Å². The number of anilines is 2. The molecule has 29 heavy (non-hydrogen) atoms. The molecule has 1 amide bonds. The van der Waals surface area contributed by atoms with Crippen molar-refractivity contribution in [1.82, 2.24) is 0 Å². The Balaban J connectivity index is 2.26. The van der Waals surface area contributed by atoms with Crippen molar-refractivity contribution >= 4 is 28.9 Å². The summed E-state index contributed by atoms with van der Waals surface area (Å²) in [4.78, 5) is 12.5. The Bertz CT molecular complexity index is 992. The maximum absolute atomic E-state index is 13.0. The van der Waals surface area contributed by atoms with Gasteiger partial charge in [-0.15, -0.1) is 0 Å². The van der Waals surface area contributed by atoms with Crippen molar-refractivity contribution in [2.45, 2.75) is 32.9 Å². The molecule has 2 aromatic carbocycles. The van der Waals surface area contributed by atoms with Crippen LogP contribution in [-0.4, -0.2) is 5.91 Å². The molecule has 0 aliphatic heterocycles. The summed E-state index contributed by atoms with van der Waals surface area (Å²) in [5.41, 5.74) is 1.10. The lowest BCUT2D eigenvalue weighted by molar-refractivity contribution is -0.137. The van der Waals surface area contributed by atoms with Gasteiger partial charge in [0.2, 0.25) is 0 Å². The van der Waals surface area contributed by atoms with Gasteiger partial charge in [-0.05, 0) is 42.2 Å². The molecule has 2 rings (SSSR count). The maximum Gasteiger partial charge on any atom is 0.417 e. The van der Waals surface area contributed by atoms with Gasteiger partial charge in [0.05, 0.1) is 10.6 Å². The second kappa shape index (κ2) is 9.01. The summed E-state index contributed by atoms with van der Waals surface area (Å²) >= 11 is 5.59. The van der Waals surface area contributed by atoms with Crippen LogP contribution in [0.2, 0.25) is 5.02 Å². The van der Waals surface area contributed by atoms with E-state index in [4.69, 9.17) is 11.6 Å². The first-order chi connectivity index (χ1) is 13.5. The maximum atomic E-state index is 13.0. The minimum absolute atomic E-state index is 0.0426. The molecular weight excluding hydrogens is 403 g/mol. The average molecular weight is 422 g/mol. The lowest BCUT2D eigenvalue weighted by Gasteiger charge is -2.16. The van der Waals surface area contributed by atoms with Crippen LogP contribution < -0.4 is 10.6 Å². The zero-order valence-electron chi connectivity index (χ0n) is 16.0. The predicted octanol–water partition coefficient (Wildman–Crippen LogP) is 6.25. The molecule has 8 heteroatoms. The summed E-state index contributed by atoms with van der Waals surface area (Å²) in [7, 11) is 0. The number of amides is 1. The van der Waals surface area contributed by atoms with E-state index in [9.17, 15) is 23.2 Å². The fourth-order valence-corrected chi connectivity index (χ4v) is 2.88. The molecule has 0 unspecified atom stereocenters. The number of carbonyl (C=O) groups is 1. The van der Waals surface area contributed by atoms with Crippen molar-refractivity contribution in [3.8, 4) is 6.07 Å². The van der Waals surface area contributed by atoms with E-state index in [1.807, 2.05) is 39.0 Å². The number of carbonyl (C=O) groups excluding carboxylic acids is 1. The zero-order valence-corrected chi connectivity index (χ0v) is 16.7. The number of para-hydroxylation sites is 1. The Morgan fingerprint density at radius 2 is 1.93 bits per heavy atom. The second-order valence-corrected chi connectivity index (χ2v) is 7.06. The third kappa shape index (κ3) is 5.52. The number of benzene rings is 2. The van der Waals surface area contributed by atoms with Crippen LogP contribution in [0.15, 0.2) is 48.2 Å². The van der Waals surface area contributed by atoms with Crippen molar-refractivity contribution in [3.63, 3.8) is 0 Å². The van der Waals surface area contributed by atoms with Crippen LogP contribution in [0.25, 0.3) is 0 Å². The van der Waals surface area contributed by atoms with E-state index in [2.05, 4.69) is 10.6 Å². The fourth-order valence-electron chi connectivity index (χ4n) is 2.66. The molecule has 0 fully saturated rings. The highest BCUT2D eigenvalue weighted by Gasteiger charge is 2.33. The SMILES string of the molecule is Cc1cccc(C(C)C)c1NC(=O)/C(C#N)=C\Nc1ccc(Cl)c(C(F)(F)F)c1. The van der Waals surface area contributed by atoms with Crippen LogP contribution in [0.3, 0.4) is 0 Å². The number of rotatable bonds is 5. The van der Waals surface area contributed by atoms with E-state index >= 15 is 0 Å². The molecule has 152 valence electrons. The van der Waals surface area contributed by atoms with Gasteiger partial charge in [0.15, 0.2) is 0 Å². The van der Waals surface area contributed by atoms with Crippen molar-refractivity contribution < 1.29 is 18.0 Å². The van der Waals surface area contributed by atoms with Crippen LogP contribution in [0.1, 0.15) is 36.5 Å². The lowest BCUT2D eigenvalue weighted by Crippen LogP contribution is -2.17. The quantitative estimate of drug-likeness (QED) is 0.443. The van der Waals surface area contributed by atoms with Gasteiger partial charge in [-0.25, -0.2) is 0 Å². The highest BCUT2D eigenvalue weighted by atomic mass is 35.5. The summed E-state index contributed by atoms with van der Waals surface area (Å²) < 4.78 is 38.9. The number of nitrogens with one attached hydrogen (secondary N) is 2. The predicted molar refractivity (Wildman–Crippen MR) is 108 cm³/mol. The molecular formula is C21H19ClF3N3O. The van der Waals surface area contributed by atoms with E-state index in [0.717, 1.165) is 29.5 Å². The van der Waals surface area contributed by atoms with Gasteiger partial charge in [0.25, 0.3) is 5.91 Å². The first-order valence-corrected chi connectivity index (χ1v) is 9.06. The third-order valence-electron chi connectivity index (χ3n) is 4.19. The average Bonchev–Trinajstić information content (AvgIpc) is 2.64. The Morgan fingerprint density at radius 3 is 2.52 bits per heavy atom. The molecule has 0 spiro atoms. The van der Waals surface area contributed by atoms with E-state index in [0.29, 0.717) is 5.69 Å². The number of aryl methyl sites for hydroxylation is 1. The van der Waals surface area contributed by atoms with Crippen LogP contribution in [0.4, 0.5) is 24.5 Å². The van der Waals surface area contributed by atoms with Gasteiger partial charge in [0.1, 0.15) is 11.6 Å². The second-order valence-electron chi connectivity index (χ2n) is 6.65. The topological polar surface area (TPSA) is 64.9 Å². The minimum atomic E-state index is -4.62. The van der Waals surface area contributed by atoms with Crippen molar-refractivity contribution in [2.75, 3.05) is 10.6 Å². The fraction of sp³-hybridized carbons (Fsp3) is 0.238. The lowest BCUT2D eigenvalue weighted by atomic mass is 9.98. The smallest absolute Gasteiger partial charge is 0.360 e. The first-order valence-electron chi connectivity index (χ1n) is 8.69. The molecule has 0 aromatic heterocycles. The van der Waals surface area contributed by atoms with Gasteiger partial charge in [0, 0.05) is 17.6 Å². The number of nitriles is 1. The number of halogens is 4. The summed E-state index contributed by atoms with van der Waals surface area (Å²) in [6.07, 6.45) is -3.56. The van der Waals surface area contributed by atoms with Gasteiger partial charge >= 0.3 is 6.18 Å². The number of hydrogen-bond donors (Lipinski definition) is 2. The minimum Gasteiger partial charge on any atom is -0.360 e. The Kier molecular flexibility index (Phi) is 6.93. The molecule has 0 saturated carbocycles. The molecule has 0 bridgehead atoms. The molecule has 0 heterocycles. The van der Waals surface area contributed by atoms with Crippen LogP contribution in [0.5, 0.6) is 0 Å². The van der Waals surface area contributed by atoms with Gasteiger partial charge < -0.3 is 10.6 Å². The van der Waals surface area contributed by atoms with Crippen molar-refractivity contribution in [1.29, 1.82) is 5.26 Å². The summed E-state index contributed by atoms with van der Waals surface area (Å²) in [5, 5.41) is 14.1. The van der Waals surface area contributed by atoms with E-state index < -0.39 is 22.7 Å². The number of nitrogens with zero attached hydrogens (tertiary/aromatic N) is 1. The standard InChI is InChI=1S/C21H19ClF3N3O/c1-12(2)16-6-4-5-13(3)19(16)28-20(29)14(10-26)11-27-15-7-8-18(22)17(9-15)21(23,24)25/h4-9,11-12,27H,1-3H3,(H,28,29)/b14-11-. The monoisotopic (exact) mass is 421 g/mol. The highest BCUT2D eigenvalue weighted by molar-refractivity contribution is 6.31. The number of alkyl halides is 3. The molecule has 0 aliphatic carbocycles. The van der Waals surface area contributed by atoms with Gasteiger partial charge in [-0.3, -0.25) is 4.79 Å². The first kappa shape index (κ1) is 22.3. The molecule has 0 atom stereocenters. The summed E-state index contributed by atoms with van der Waals surface area (Å²) in [5.74, 6) is -0.520. The van der Waals surface area contributed by atoms with E-state index in [-0.39, 0.29) is 17.2 Å². The highest BCUT2D eigenvalue weighted by Crippen LogP contribution is 2.36. The Labute approximate surface area is 172 Å². The zero-order chi connectivity index (χ0) is 21.8. The molecule has 0 saturated heterocycles. The molecule has 2 aromatic rings. The number of hydrogen-bond acceptors (Lipinski definition) is 3. The molecule has 0 aliphatic rings. The normalized spacial score (nSPS) is 11.9. The summed E-state index contributed by atoms with van der Waals surface area (Å²) in [6.45, 7) is 5.79. The van der Waals surface area contributed by atoms with Crippen LogP contribution >= 0.6 is 11.6 Å².